The molecule has 3 atom stereocenters. The number of carbonyl (C=O) groups is 2. The normalized spacial score (nSPS) is 22.8. The number of aromatic nitrogens is 1. The van der Waals surface area contributed by atoms with Crippen LogP contribution >= 0.6 is 11.6 Å². The number of ether oxygens (including phenoxy) is 1. The summed E-state index contributed by atoms with van der Waals surface area (Å²) in [7, 11) is -3.32. The number of sulfone groups is 1. The highest BCUT2D eigenvalue weighted by atomic mass is 35.5. The van der Waals surface area contributed by atoms with E-state index in [0.717, 1.165) is 11.8 Å². The molecule has 230 valence electrons. The van der Waals surface area contributed by atoms with Crippen molar-refractivity contribution in [1.29, 1.82) is 0 Å². The molecule has 2 aliphatic heterocycles. The Balaban J connectivity index is 1.27. The van der Waals surface area contributed by atoms with Crippen LogP contribution in [-0.4, -0.2) is 86.3 Å². The molecule has 1 aromatic carbocycles. The molecule has 2 fully saturated rings. The Kier molecular flexibility index (Phi) is 9.41. The second kappa shape index (κ2) is 13.1. The average Bonchev–Trinajstić information content (AvgIpc) is 3.43. The van der Waals surface area contributed by atoms with Crippen molar-refractivity contribution in [3.8, 4) is 0 Å². The molecule has 0 saturated carbocycles. The average molecular weight is 631 g/mol. The molecule has 1 unspecified atom stereocenters. The van der Waals surface area contributed by atoms with Crippen LogP contribution in [0.1, 0.15) is 37.7 Å². The molecule has 1 aromatic heterocycles. The lowest BCUT2D eigenvalue weighted by Crippen LogP contribution is -2.46. The van der Waals surface area contributed by atoms with Crippen LogP contribution in [0, 0.1) is 5.92 Å². The third kappa shape index (κ3) is 7.21. The first-order chi connectivity index (χ1) is 20.5. The van der Waals surface area contributed by atoms with Crippen molar-refractivity contribution in [3.63, 3.8) is 0 Å². The van der Waals surface area contributed by atoms with Crippen LogP contribution in [0.25, 0.3) is 0 Å². The fourth-order valence-corrected chi connectivity index (χ4v) is 6.76. The van der Waals surface area contributed by atoms with Gasteiger partial charge in [-0.25, -0.2) is 22.6 Å². The van der Waals surface area contributed by atoms with Gasteiger partial charge in [0.1, 0.15) is 17.7 Å². The number of pyridine rings is 1. The molecule has 0 N–H and O–H groups in total. The van der Waals surface area contributed by atoms with Crippen LogP contribution in [-0.2, 0) is 19.4 Å². The van der Waals surface area contributed by atoms with E-state index in [1.165, 1.54) is 18.3 Å². The number of anilines is 1. The molecule has 0 bridgehead atoms. The lowest BCUT2D eigenvalue weighted by molar-refractivity contribution is -0.135. The zero-order chi connectivity index (χ0) is 30.7. The van der Waals surface area contributed by atoms with E-state index >= 15 is 0 Å². The van der Waals surface area contributed by atoms with Crippen LogP contribution in [0.4, 0.5) is 15.0 Å². The summed E-state index contributed by atoms with van der Waals surface area (Å²) in [6.07, 6.45) is 7.28. The molecule has 2 amide bonds. The summed E-state index contributed by atoms with van der Waals surface area (Å²) in [6, 6.07) is 10.4. The lowest BCUT2D eigenvalue weighted by Gasteiger charge is -2.34. The summed E-state index contributed by atoms with van der Waals surface area (Å²) in [4.78, 5) is 37.3. The molecule has 5 rings (SSSR count). The highest BCUT2D eigenvalue weighted by molar-refractivity contribution is 7.90. The third-order valence-electron chi connectivity index (χ3n) is 8.46. The van der Waals surface area contributed by atoms with Crippen LogP contribution in [0.3, 0.4) is 0 Å². The number of hydrogen-bond acceptors (Lipinski definition) is 7. The summed E-state index contributed by atoms with van der Waals surface area (Å²) in [5.41, 5.74) is 0.983. The van der Waals surface area contributed by atoms with Crippen LogP contribution in [0.5, 0.6) is 0 Å². The number of likely N-dealkylation sites (tertiary alicyclic amines) is 1. The minimum atomic E-state index is -3.32. The van der Waals surface area contributed by atoms with Gasteiger partial charge in [-0.3, -0.25) is 4.79 Å². The Morgan fingerprint density at radius 3 is 2.42 bits per heavy atom. The number of halogens is 2. The van der Waals surface area contributed by atoms with Gasteiger partial charge in [0, 0.05) is 68.5 Å². The number of likely N-dealkylation sites (N-methyl/N-ethyl adjacent to an activating group) is 1. The fraction of sp³-hybridized carbons (Fsp3) is 0.452. The van der Waals surface area contributed by atoms with Crippen molar-refractivity contribution in [2.75, 3.05) is 43.9 Å². The molecular formula is C31H36ClFN4O5S. The van der Waals surface area contributed by atoms with Crippen molar-refractivity contribution < 1.29 is 27.1 Å². The van der Waals surface area contributed by atoms with Gasteiger partial charge in [0.05, 0.1) is 10.9 Å². The topological polar surface area (TPSA) is 100 Å². The van der Waals surface area contributed by atoms with Crippen molar-refractivity contribution in [2.24, 2.45) is 5.92 Å². The molecule has 1 aliphatic carbocycles. The van der Waals surface area contributed by atoms with E-state index in [-0.39, 0.29) is 40.9 Å². The van der Waals surface area contributed by atoms with E-state index in [9.17, 15) is 22.4 Å². The Hall–Kier alpha value is -3.44. The summed E-state index contributed by atoms with van der Waals surface area (Å²) < 4.78 is 42.7. The van der Waals surface area contributed by atoms with E-state index in [1.807, 2.05) is 36.1 Å². The standard InChI is InChI=1S/C31H36ClFN4O5S/c1-3-37(31(39)42-25-10-8-24(33)9-11-25)28-20-36(19-27(28)21-4-6-23(32)7-5-21)30(38)22-14-16-35(17-15-22)29-13-12-26(18-34-29)43(2,40)41/h4-10,12-13,18,22,25,27-28H,3,11,14-17,19-20H2,1-2H3/t25?,27-,28+/m0/s1. The molecule has 9 nitrogen and oxygen atoms in total. The minimum absolute atomic E-state index is 0.0572. The number of carbonyl (C=O) groups excluding carboxylic acids is 2. The first kappa shape index (κ1) is 31.0. The van der Waals surface area contributed by atoms with Gasteiger partial charge in [-0.1, -0.05) is 23.7 Å². The van der Waals surface area contributed by atoms with Crippen molar-refractivity contribution in [3.05, 3.63) is 77.2 Å². The van der Waals surface area contributed by atoms with Gasteiger partial charge in [-0.05, 0) is 67.8 Å². The third-order valence-corrected chi connectivity index (χ3v) is 9.81. The Labute approximate surface area is 256 Å². The monoisotopic (exact) mass is 630 g/mol. The fourth-order valence-electron chi connectivity index (χ4n) is 6.07. The van der Waals surface area contributed by atoms with Crippen LogP contribution in [0.15, 0.2) is 71.5 Å². The van der Waals surface area contributed by atoms with Gasteiger partial charge in [0.15, 0.2) is 9.84 Å². The Morgan fingerprint density at radius 1 is 1.12 bits per heavy atom. The lowest BCUT2D eigenvalue weighted by atomic mass is 9.93. The molecule has 3 heterocycles. The number of hydrogen-bond donors (Lipinski definition) is 0. The molecular weight excluding hydrogens is 595 g/mol. The number of benzene rings is 1. The summed E-state index contributed by atoms with van der Waals surface area (Å²) in [6.45, 7) is 4.35. The highest BCUT2D eigenvalue weighted by Gasteiger charge is 2.43. The van der Waals surface area contributed by atoms with E-state index in [4.69, 9.17) is 16.3 Å². The first-order valence-corrected chi connectivity index (χ1v) is 16.8. The van der Waals surface area contributed by atoms with E-state index < -0.39 is 22.0 Å². The largest absolute Gasteiger partial charge is 0.442 e. The van der Waals surface area contributed by atoms with E-state index in [2.05, 4.69) is 9.88 Å². The summed E-state index contributed by atoms with van der Waals surface area (Å²) in [5.74, 6) is 0.0874. The molecule has 2 aromatic rings. The molecule has 0 spiro atoms. The number of nitrogens with zero attached hydrogens (tertiary/aromatic N) is 4. The second-order valence-electron chi connectivity index (χ2n) is 11.2. The van der Waals surface area contributed by atoms with Gasteiger partial charge < -0.3 is 19.4 Å². The van der Waals surface area contributed by atoms with Gasteiger partial charge in [0.2, 0.25) is 5.91 Å². The van der Waals surface area contributed by atoms with E-state index in [1.54, 1.807) is 23.1 Å². The van der Waals surface area contributed by atoms with Crippen molar-refractivity contribution >= 4 is 39.3 Å². The Bertz CT molecular complexity index is 1490. The van der Waals surface area contributed by atoms with Gasteiger partial charge in [-0.15, -0.1) is 0 Å². The number of allylic oxidation sites excluding steroid dienone is 2. The van der Waals surface area contributed by atoms with E-state index in [0.29, 0.717) is 56.4 Å². The van der Waals surface area contributed by atoms with Crippen molar-refractivity contribution in [2.45, 2.75) is 49.1 Å². The smallest absolute Gasteiger partial charge is 0.410 e. The quantitative estimate of drug-likeness (QED) is 0.425. The van der Waals surface area contributed by atoms with Crippen LogP contribution in [0.2, 0.25) is 5.02 Å². The number of piperidine rings is 1. The molecule has 3 aliphatic rings. The summed E-state index contributed by atoms with van der Waals surface area (Å²) in [5, 5.41) is 0.606. The molecule has 0 radical (unpaired) electrons. The molecule has 43 heavy (non-hydrogen) atoms. The maximum Gasteiger partial charge on any atom is 0.410 e. The minimum Gasteiger partial charge on any atom is -0.442 e. The van der Waals surface area contributed by atoms with Crippen LogP contribution < -0.4 is 4.90 Å². The van der Waals surface area contributed by atoms with Gasteiger partial charge >= 0.3 is 6.09 Å². The van der Waals surface area contributed by atoms with Gasteiger partial charge in [0.25, 0.3) is 0 Å². The maximum absolute atomic E-state index is 13.8. The summed E-state index contributed by atoms with van der Waals surface area (Å²) >= 11 is 6.16. The SMILES string of the molecule is CCN(C(=O)OC1C=CC(F)=CC1)[C@@H]1CN(C(=O)C2CCN(c3ccc(S(C)(=O)=O)cn3)CC2)C[C@H]1c1ccc(Cl)cc1. The van der Waals surface area contributed by atoms with Gasteiger partial charge in [-0.2, -0.15) is 0 Å². The number of rotatable bonds is 7. The maximum atomic E-state index is 13.8. The zero-order valence-electron chi connectivity index (χ0n) is 24.2. The molecule has 2 saturated heterocycles. The predicted octanol–water partition coefficient (Wildman–Crippen LogP) is 4.99. The highest BCUT2D eigenvalue weighted by Crippen LogP contribution is 2.35. The molecule has 12 heteroatoms. The first-order valence-electron chi connectivity index (χ1n) is 14.5. The predicted molar refractivity (Wildman–Crippen MR) is 162 cm³/mol. The number of amides is 2. The Morgan fingerprint density at radius 2 is 1.84 bits per heavy atom. The van der Waals surface area contributed by atoms with Crippen molar-refractivity contribution in [1.82, 2.24) is 14.8 Å². The zero-order valence-corrected chi connectivity index (χ0v) is 25.8. The second-order valence-corrected chi connectivity index (χ2v) is 13.7.